The maximum Gasteiger partial charge on any atom is 0.373 e. The van der Waals surface area contributed by atoms with Gasteiger partial charge in [-0.2, -0.15) is 9.59 Å². The summed E-state index contributed by atoms with van der Waals surface area (Å²) in [5.41, 5.74) is 0. The third kappa shape index (κ3) is 37.6. The zero-order valence-electron chi connectivity index (χ0n) is 23.7. The van der Waals surface area contributed by atoms with E-state index in [9.17, 15) is 9.59 Å². The zero-order chi connectivity index (χ0) is 29.1. The van der Waals surface area contributed by atoms with E-state index in [-0.39, 0.29) is 17.8 Å². The van der Waals surface area contributed by atoms with Gasteiger partial charge in [-0.25, -0.2) is 0 Å². The van der Waals surface area contributed by atoms with Crippen LogP contribution in [0.5, 0.6) is 0 Å². The summed E-state index contributed by atoms with van der Waals surface area (Å²) in [6, 6.07) is 0. The SMILES string of the molecule is C/C=C/C(=O)CCCSSCCNC(=O)CC/C=C\C/C=C\C/C=C\C/C=C\C/C=C\C/C=C\CC.O=C=O. The summed E-state index contributed by atoms with van der Waals surface area (Å²) in [5, 5.41) is 2.97. The van der Waals surface area contributed by atoms with Crippen LogP contribution >= 0.6 is 21.6 Å². The monoisotopic (exact) mass is 573 g/mol. The number of rotatable bonds is 23. The van der Waals surface area contributed by atoms with Gasteiger partial charge in [-0.15, -0.1) is 0 Å². The average molecular weight is 574 g/mol. The second-order valence-corrected chi connectivity index (χ2v) is 10.8. The van der Waals surface area contributed by atoms with Crippen molar-refractivity contribution in [2.45, 2.75) is 78.1 Å². The van der Waals surface area contributed by atoms with Gasteiger partial charge in [0.05, 0.1) is 0 Å². The Hall–Kier alpha value is -2.60. The van der Waals surface area contributed by atoms with Crippen LogP contribution in [-0.2, 0) is 19.2 Å². The van der Waals surface area contributed by atoms with E-state index in [2.05, 4.69) is 85.2 Å². The molecule has 0 aliphatic rings. The highest BCUT2D eigenvalue weighted by Crippen LogP contribution is 2.21. The van der Waals surface area contributed by atoms with Gasteiger partial charge >= 0.3 is 6.15 Å². The highest BCUT2D eigenvalue weighted by Gasteiger charge is 2.00. The van der Waals surface area contributed by atoms with Crippen LogP contribution in [-0.4, -0.2) is 35.9 Å². The fourth-order valence-corrected chi connectivity index (χ4v) is 4.86. The fraction of sp³-hybridized carbons (Fsp3) is 0.469. The maximum absolute atomic E-state index is 11.9. The summed E-state index contributed by atoms with van der Waals surface area (Å²) >= 11 is 0. The molecule has 0 saturated carbocycles. The summed E-state index contributed by atoms with van der Waals surface area (Å²) in [7, 11) is 3.52. The second-order valence-electron chi connectivity index (χ2n) is 8.10. The number of hydrogen-bond donors (Lipinski definition) is 1. The van der Waals surface area contributed by atoms with Crippen molar-refractivity contribution in [1.29, 1.82) is 0 Å². The van der Waals surface area contributed by atoms with E-state index < -0.39 is 0 Å². The molecular weight excluding hydrogens is 526 g/mol. The van der Waals surface area contributed by atoms with Gasteiger partial charge in [-0.3, -0.25) is 9.59 Å². The molecule has 0 heterocycles. The van der Waals surface area contributed by atoms with Crippen LogP contribution in [0.15, 0.2) is 85.1 Å². The van der Waals surface area contributed by atoms with E-state index in [1.165, 1.54) is 0 Å². The molecule has 0 spiro atoms. The van der Waals surface area contributed by atoms with E-state index in [1.807, 2.05) is 6.92 Å². The van der Waals surface area contributed by atoms with Gasteiger partial charge in [0.1, 0.15) is 0 Å². The lowest BCUT2D eigenvalue weighted by molar-refractivity contribution is -0.191. The smallest absolute Gasteiger partial charge is 0.355 e. The molecule has 39 heavy (non-hydrogen) atoms. The largest absolute Gasteiger partial charge is 0.373 e. The first kappa shape index (κ1) is 38.5. The van der Waals surface area contributed by atoms with Crippen molar-refractivity contribution in [3.05, 3.63) is 85.1 Å². The average Bonchev–Trinajstić information content (AvgIpc) is 2.92. The summed E-state index contributed by atoms with van der Waals surface area (Å²) in [6.45, 7) is 4.71. The molecule has 0 aromatic rings. The Bertz CT molecular complexity index is 833. The number of carbonyl (C=O) groups is 2. The molecule has 1 amide bonds. The first-order valence-electron chi connectivity index (χ1n) is 13.7. The van der Waals surface area contributed by atoms with Crippen LogP contribution in [0.3, 0.4) is 0 Å². The molecule has 0 radical (unpaired) electrons. The van der Waals surface area contributed by atoms with Gasteiger partial charge in [0.15, 0.2) is 5.78 Å². The molecule has 0 atom stereocenters. The van der Waals surface area contributed by atoms with Crippen molar-refractivity contribution >= 4 is 39.4 Å². The van der Waals surface area contributed by atoms with Crippen LogP contribution < -0.4 is 5.32 Å². The van der Waals surface area contributed by atoms with Crippen molar-refractivity contribution < 1.29 is 19.2 Å². The topological polar surface area (TPSA) is 80.3 Å². The van der Waals surface area contributed by atoms with Crippen LogP contribution in [0.2, 0.25) is 0 Å². The van der Waals surface area contributed by atoms with Gasteiger partial charge < -0.3 is 5.32 Å². The third-order valence-electron chi connectivity index (χ3n) is 4.73. The molecule has 0 aromatic heterocycles. The number of amides is 1. The highest BCUT2D eigenvalue weighted by atomic mass is 33.1. The molecule has 0 unspecified atom stereocenters. The van der Waals surface area contributed by atoms with E-state index in [0.29, 0.717) is 19.4 Å². The lowest BCUT2D eigenvalue weighted by Crippen LogP contribution is -2.25. The lowest BCUT2D eigenvalue weighted by Gasteiger charge is -2.04. The molecular formula is C32H47NO4S2. The number of nitrogens with one attached hydrogen (secondary N) is 1. The van der Waals surface area contributed by atoms with E-state index in [1.54, 1.807) is 33.7 Å². The van der Waals surface area contributed by atoms with Crippen molar-refractivity contribution in [2.75, 3.05) is 18.1 Å². The lowest BCUT2D eigenvalue weighted by atomic mass is 10.2. The molecule has 216 valence electrons. The Balaban J connectivity index is 0. The van der Waals surface area contributed by atoms with E-state index >= 15 is 0 Å². The Labute approximate surface area is 244 Å². The molecule has 0 aromatic carbocycles. The quantitative estimate of drug-likeness (QED) is 0.0573. The minimum absolute atomic E-state index is 0.108. The molecule has 0 bridgehead atoms. The van der Waals surface area contributed by atoms with Crippen LogP contribution in [0, 0.1) is 0 Å². The maximum atomic E-state index is 11.9. The number of carbonyl (C=O) groups excluding carboxylic acids is 4. The van der Waals surface area contributed by atoms with Gasteiger partial charge in [0, 0.05) is 30.9 Å². The third-order valence-corrected chi connectivity index (χ3v) is 7.22. The van der Waals surface area contributed by atoms with Gasteiger partial charge in [0.25, 0.3) is 0 Å². The van der Waals surface area contributed by atoms with Crippen LogP contribution in [0.25, 0.3) is 0 Å². The van der Waals surface area contributed by atoms with Crippen LogP contribution in [0.4, 0.5) is 0 Å². The van der Waals surface area contributed by atoms with E-state index in [4.69, 9.17) is 9.59 Å². The number of hydrogen-bond acceptors (Lipinski definition) is 6. The van der Waals surface area contributed by atoms with E-state index in [0.717, 1.165) is 62.9 Å². The minimum atomic E-state index is 0.108. The highest BCUT2D eigenvalue weighted by molar-refractivity contribution is 8.76. The summed E-state index contributed by atoms with van der Waals surface area (Å²) in [6.07, 6.45) is 38.7. The standard InChI is InChI=1S/C31H47NO2S2.CO2/c1-3-5-6-7-8-9-10-11-12-13-14-15-16-17-18-19-20-21-22-26-31(34)32-27-29-36-35-28-23-25-30(33)24-4-2;2-1-3/h4-6,8-9,11-12,14-15,17-18,20-21,24H,3,7,10,13,16,19,22-23,25-29H2,1-2H3,(H,32,34);/b6-5-,9-8-,12-11-,15-14-,18-17-,21-20-,24-4+;. The van der Waals surface area contributed by atoms with Gasteiger partial charge in [-0.05, 0) is 64.4 Å². The van der Waals surface area contributed by atoms with Crippen molar-refractivity contribution in [2.24, 2.45) is 0 Å². The number of ketones is 1. The normalized spacial score (nSPS) is 11.9. The van der Waals surface area contributed by atoms with Crippen molar-refractivity contribution in [3.8, 4) is 0 Å². The Kier molecular flexibility index (Phi) is 35.0. The minimum Gasteiger partial charge on any atom is -0.355 e. The summed E-state index contributed by atoms with van der Waals surface area (Å²) in [4.78, 5) is 39.5. The molecule has 0 rings (SSSR count). The molecule has 5 nitrogen and oxygen atoms in total. The molecule has 0 aliphatic carbocycles. The van der Waals surface area contributed by atoms with Crippen LogP contribution in [0.1, 0.15) is 78.1 Å². The Morgan fingerprint density at radius 3 is 1.64 bits per heavy atom. The molecule has 0 fully saturated rings. The fourth-order valence-electron chi connectivity index (χ4n) is 2.87. The van der Waals surface area contributed by atoms with Gasteiger partial charge in [-0.1, -0.05) is 107 Å². The summed E-state index contributed by atoms with van der Waals surface area (Å²) in [5.74, 6) is 2.16. The molecule has 0 aliphatic heterocycles. The van der Waals surface area contributed by atoms with Gasteiger partial charge in [0.2, 0.25) is 5.91 Å². The Morgan fingerprint density at radius 2 is 1.15 bits per heavy atom. The van der Waals surface area contributed by atoms with Crippen molar-refractivity contribution in [3.63, 3.8) is 0 Å². The zero-order valence-corrected chi connectivity index (χ0v) is 25.4. The number of allylic oxidation sites excluding steroid dienone is 14. The second kappa shape index (κ2) is 35.4. The molecule has 0 saturated heterocycles. The molecule has 1 N–H and O–H groups in total. The summed E-state index contributed by atoms with van der Waals surface area (Å²) < 4.78 is 0. The molecule has 7 heteroatoms. The van der Waals surface area contributed by atoms with Crippen molar-refractivity contribution in [1.82, 2.24) is 5.32 Å². The predicted octanol–water partition coefficient (Wildman–Crippen LogP) is 8.30. The first-order valence-corrected chi connectivity index (χ1v) is 16.2. The predicted molar refractivity (Wildman–Crippen MR) is 169 cm³/mol. The Morgan fingerprint density at radius 1 is 0.692 bits per heavy atom. The first-order chi connectivity index (χ1) is 19.1.